The van der Waals surface area contributed by atoms with Gasteiger partial charge in [-0.15, -0.1) is 13.2 Å². The molecule has 134 valence electrons. The number of carbonyl (C=O) groups excluding carboxylic acids is 1. The molecule has 1 aromatic carbocycles. The monoisotopic (exact) mass is 342 g/mol. The summed E-state index contributed by atoms with van der Waals surface area (Å²) in [7, 11) is 0. The molecule has 0 spiro atoms. The molecule has 0 saturated heterocycles. The van der Waals surface area contributed by atoms with Crippen molar-refractivity contribution >= 4 is 17.4 Å². The van der Waals surface area contributed by atoms with Crippen molar-refractivity contribution in [3.8, 4) is 0 Å². The van der Waals surface area contributed by atoms with Crippen LogP contribution in [-0.4, -0.2) is 28.6 Å². The van der Waals surface area contributed by atoms with E-state index in [1.807, 2.05) is 45.0 Å². The van der Waals surface area contributed by atoms with E-state index < -0.39 is 5.91 Å². The lowest BCUT2D eigenvalue weighted by Crippen LogP contribution is -2.41. The zero-order chi connectivity index (χ0) is 19.0. The molecule has 1 aromatic rings. The fraction of sp³-hybridized carbons (Fsp3) is 0.263. The van der Waals surface area contributed by atoms with Crippen LogP contribution in [-0.2, 0) is 11.3 Å². The molecule has 6 nitrogen and oxygen atoms in total. The molecule has 4 N–H and O–H groups in total. The SMILES string of the molecule is C=C.CCN=C1C(=C(C)C)C(NCc2cccc(N)c2)=CC(=O)N1O. The molecular weight excluding hydrogens is 316 g/mol. The van der Waals surface area contributed by atoms with E-state index in [2.05, 4.69) is 23.5 Å². The van der Waals surface area contributed by atoms with Gasteiger partial charge in [-0.1, -0.05) is 17.7 Å². The van der Waals surface area contributed by atoms with Crippen molar-refractivity contribution in [1.82, 2.24) is 10.4 Å². The second-order valence-electron chi connectivity index (χ2n) is 5.48. The van der Waals surface area contributed by atoms with E-state index in [-0.39, 0.29) is 5.84 Å². The summed E-state index contributed by atoms with van der Waals surface area (Å²) < 4.78 is 0. The van der Waals surface area contributed by atoms with Crippen LogP contribution in [0, 0.1) is 0 Å². The van der Waals surface area contributed by atoms with Crippen LogP contribution in [0.2, 0.25) is 0 Å². The number of aliphatic imine (C=N–C) groups is 1. The average Bonchev–Trinajstić information content (AvgIpc) is 2.59. The number of hydrogen-bond donors (Lipinski definition) is 3. The second-order valence-corrected chi connectivity index (χ2v) is 5.48. The molecule has 0 aliphatic carbocycles. The van der Waals surface area contributed by atoms with Crippen LogP contribution in [0.15, 0.2) is 65.3 Å². The van der Waals surface area contributed by atoms with Gasteiger partial charge in [0, 0.05) is 30.4 Å². The smallest absolute Gasteiger partial charge is 0.278 e. The summed E-state index contributed by atoms with van der Waals surface area (Å²) >= 11 is 0. The van der Waals surface area contributed by atoms with Gasteiger partial charge in [-0.25, -0.2) is 0 Å². The van der Waals surface area contributed by atoms with Crippen molar-refractivity contribution < 1.29 is 10.0 Å². The Labute approximate surface area is 149 Å². The maximum absolute atomic E-state index is 12.0. The predicted molar refractivity (Wildman–Crippen MR) is 102 cm³/mol. The summed E-state index contributed by atoms with van der Waals surface area (Å²) in [5.74, 6) is -0.243. The standard InChI is InChI=1S/C17H22N4O2.C2H4/c1-4-19-17-16(11(2)3)14(9-15(22)21(17)23)20-10-12-6-5-7-13(18)8-12;1-2/h5-9,20,23H,4,10,18H2,1-3H3;1-2H2. The van der Waals surface area contributed by atoms with Crippen LogP contribution in [0.25, 0.3) is 0 Å². The number of amidine groups is 1. The largest absolute Gasteiger partial charge is 0.399 e. The molecule has 2 rings (SSSR count). The molecule has 0 fully saturated rings. The van der Waals surface area contributed by atoms with Gasteiger partial charge in [-0.3, -0.25) is 15.0 Å². The molecule has 0 unspecified atom stereocenters. The van der Waals surface area contributed by atoms with Gasteiger partial charge in [-0.05, 0) is 38.5 Å². The van der Waals surface area contributed by atoms with Gasteiger partial charge in [0.1, 0.15) is 0 Å². The number of hydrogen-bond acceptors (Lipinski definition) is 5. The molecular formula is C19H26N4O2. The Kier molecular flexibility index (Phi) is 7.62. The highest BCUT2D eigenvalue weighted by atomic mass is 16.5. The van der Waals surface area contributed by atoms with Gasteiger partial charge in [-0.2, -0.15) is 5.06 Å². The number of anilines is 1. The minimum Gasteiger partial charge on any atom is -0.399 e. The molecule has 1 amide bonds. The Balaban J connectivity index is 0.00000151. The van der Waals surface area contributed by atoms with Crippen molar-refractivity contribution in [3.63, 3.8) is 0 Å². The van der Waals surface area contributed by atoms with Crippen LogP contribution in [0.1, 0.15) is 26.3 Å². The first-order chi connectivity index (χ1) is 11.9. The Morgan fingerprint density at radius 2 is 2.04 bits per heavy atom. The maximum atomic E-state index is 12.0. The minimum atomic E-state index is -0.516. The molecule has 0 saturated carbocycles. The van der Waals surface area contributed by atoms with Gasteiger partial charge in [0.25, 0.3) is 5.91 Å². The predicted octanol–water partition coefficient (Wildman–Crippen LogP) is 3.03. The summed E-state index contributed by atoms with van der Waals surface area (Å²) in [6, 6.07) is 7.54. The summed E-state index contributed by atoms with van der Waals surface area (Å²) in [4.78, 5) is 16.2. The molecule has 1 aliphatic rings. The zero-order valence-corrected chi connectivity index (χ0v) is 15.0. The van der Waals surface area contributed by atoms with Crippen LogP contribution < -0.4 is 11.1 Å². The van der Waals surface area contributed by atoms with Crippen LogP contribution in [0.5, 0.6) is 0 Å². The fourth-order valence-corrected chi connectivity index (χ4v) is 2.42. The second kappa shape index (κ2) is 9.44. The minimum absolute atomic E-state index is 0.273. The molecule has 25 heavy (non-hydrogen) atoms. The molecule has 0 bridgehead atoms. The first kappa shape index (κ1) is 20.2. The highest BCUT2D eigenvalue weighted by Crippen LogP contribution is 2.22. The Morgan fingerprint density at radius 1 is 1.36 bits per heavy atom. The number of rotatable bonds is 4. The number of carbonyl (C=O) groups is 1. The van der Waals surface area contributed by atoms with E-state index in [9.17, 15) is 10.0 Å². The lowest BCUT2D eigenvalue weighted by Gasteiger charge is -2.27. The van der Waals surface area contributed by atoms with E-state index in [4.69, 9.17) is 5.73 Å². The average molecular weight is 342 g/mol. The number of benzene rings is 1. The number of nitrogens with two attached hydrogens (primary N) is 1. The maximum Gasteiger partial charge on any atom is 0.278 e. The van der Waals surface area contributed by atoms with Crippen LogP contribution >= 0.6 is 0 Å². The van der Waals surface area contributed by atoms with Gasteiger partial charge >= 0.3 is 0 Å². The highest BCUT2D eigenvalue weighted by molar-refractivity contribution is 6.15. The first-order valence-corrected chi connectivity index (χ1v) is 7.99. The zero-order valence-electron chi connectivity index (χ0n) is 15.0. The van der Waals surface area contributed by atoms with Gasteiger partial charge in [0.2, 0.25) is 0 Å². The third kappa shape index (κ3) is 5.06. The molecule has 0 radical (unpaired) electrons. The Morgan fingerprint density at radius 3 is 2.60 bits per heavy atom. The van der Waals surface area contributed by atoms with Crippen molar-refractivity contribution in [2.45, 2.75) is 27.3 Å². The molecule has 0 atom stereocenters. The van der Waals surface area contributed by atoms with Crippen LogP contribution in [0.3, 0.4) is 0 Å². The summed E-state index contributed by atoms with van der Waals surface area (Å²) in [5.41, 5.74) is 9.81. The topological polar surface area (TPSA) is 90.9 Å². The quantitative estimate of drug-likeness (QED) is 0.446. The number of hydroxylamine groups is 2. The first-order valence-electron chi connectivity index (χ1n) is 7.99. The number of nitrogens with zero attached hydrogens (tertiary/aromatic N) is 2. The number of amides is 1. The van der Waals surface area contributed by atoms with E-state index in [0.717, 1.165) is 16.7 Å². The highest BCUT2D eigenvalue weighted by Gasteiger charge is 2.29. The lowest BCUT2D eigenvalue weighted by molar-refractivity contribution is -0.143. The van der Waals surface area contributed by atoms with Gasteiger partial charge in [0.05, 0.1) is 5.70 Å². The van der Waals surface area contributed by atoms with Crippen molar-refractivity contribution in [2.75, 3.05) is 12.3 Å². The Hall–Kier alpha value is -2.86. The number of nitrogen functional groups attached to an aromatic ring is 1. The lowest BCUT2D eigenvalue weighted by atomic mass is 10.0. The molecule has 1 aliphatic heterocycles. The molecule has 6 heteroatoms. The fourth-order valence-electron chi connectivity index (χ4n) is 2.42. The Bertz CT molecular complexity index is 716. The van der Waals surface area contributed by atoms with Crippen molar-refractivity contribution in [2.24, 2.45) is 4.99 Å². The van der Waals surface area contributed by atoms with Crippen LogP contribution in [0.4, 0.5) is 5.69 Å². The molecule has 1 heterocycles. The summed E-state index contributed by atoms with van der Waals surface area (Å²) in [5, 5.41) is 13.8. The van der Waals surface area contributed by atoms with Crippen molar-refractivity contribution in [1.29, 1.82) is 0 Å². The third-order valence-corrected chi connectivity index (χ3v) is 3.41. The van der Waals surface area contributed by atoms with E-state index >= 15 is 0 Å². The van der Waals surface area contributed by atoms with Gasteiger partial charge < -0.3 is 11.1 Å². The van der Waals surface area contributed by atoms with Crippen molar-refractivity contribution in [3.05, 3.63) is 65.9 Å². The van der Waals surface area contributed by atoms with Gasteiger partial charge in [0.15, 0.2) is 5.84 Å². The summed E-state index contributed by atoms with van der Waals surface area (Å²) in [6.07, 6.45) is 1.38. The van der Waals surface area contributed by atoms with E-state index in [0.29, 0.717) is 29.5 Å². The number of allylic oxidation sites excluding steroid dienone is 1. The van der Waals surface area contributed by atoms with E-state index in [1.165, 1.54) is 6.08 Å². The summed E-state index contributed by atoms with van der Waals surface area (Å²) in [6.45, 7) is 12.7. The molecule has 0 aromatic heterocycles. The normalized spacial score (nSPS) is 15.4. The number of nitrogens with one attached hydrogen (secondary N) is 1. The third-order valence-electron chi connectivity index (χ3n) is 3.41. The van der Waals surface area contributed by atoms with E-state index in [1.54, 1.807) is 0 Å².